The van der Waals surface area contributed by atoms with Crippen LogP contribution in [-0.2, 0) is 6.42 Å². The van der Waals surface area contributed by atoms with E-state index in [0.29, 0.717) is 0 Å². The predicted octanol–water partition coefficient (Wildman–Crippen LogP) is 2.59. The first-order valence-corrected chi connectivity index (χ1v) is 6.33. The van der Waals surface area contributed by atoms with E-state index in [0.717, 1.165) is 6.07 Å². The van der Waals surface area contributed by atoms with Crippen molar-refractivity contribution in [3.05, 3.63) is 34.1 Å². The maximum absolute atomic E-state index is 13.4. The fraction of sp³-hybridized carbons (Fsp3) is 0.250. The average Bonchev–Trinajstić information content (AvgIpc) is 2.84. The number of hydrogen-bond acceptors (Lipinski definition) is 5. The Bertz CT molecular complexity index is 669. The maximum Gasteiger partial charge on any atom is 0.229 e. The minimum Gasteiger partial charge on any atom is -0.392 e. The molecular formula is C12H8BrF2N3O2. The Morgan fingerprint density at radius 1 is 1.45 bits per heavy atom. The lowest BCUT2D eigenvalue weighted by atomic mass is 10.2. The van der Waals surface area contributed by atoms with Crippen molar-refractivity contribution in [3.8, 4) is 17.5 Å². The molecule has 0 amide bonds. The average molecular weight is 344 g/mol. The standard InChI is InChI=1S/C12H8BrF2N3O2/c13-10-7(1-2-8(14)11(10)15)12-17-9(20-18-12)5-6(19)3-4-16/h1-2,6,19H,3,5H2. The minimum atomic E-state index is -1.04. The summed E-state index contributed by atoms with van der Waals surface area (Å²) in [5, 5.41) is 21.5. The van der Waals surface area contributed by atoms with E-state index >= 15 is 0 Å². The van der Waals surface area contributed by atoms with E-state index in [1.165, 1.54) is 6.07 Å². The van der Waals surface area contributed by atoms with Crippen molar-refractivity contribution in [1.82, 2.24) is 10.1 Å². The number of nitrogens with zero attached hydrogens (tertiary/aromatic N) is 3. The van der Waals surface area contributed by atoms with Gasteiger partial charge in [-0.2, -0.15) is 10.2 Å². The van der Waals surface area contributed by atoms with Crippen molar-refractivity contribution >= 4 is 15.9 Å². The van der Waals surface area contributed by atoms with Crippen LogP contribution in [0.15, 0.2) is 21.1 Å². The lowest BCUT2D eigenvalue weighted by Gasteiger charge is -2.01. The largest absolute Gasteiger partial charge is 0.392 e. The molecule has 1 N–H and O–H groups in total. The Labute approximate surface area is 121 Å². The van der Waals surface area contributed by atoms with Crippen LogP contribution in [0.25, 0.3) is 11.4 Å². The Balaban J connectivity index is 2.26. The fourth-order valence-electron chi connectivity index (χ4n) is 1.52. The van der Waals surface area contributed by atoms with Crippen LogP contribution >= 0.6 is 15.9 Å². The van der Waals surface area contributed by atoms with Crippen molar-refractivity contribution in [2.24, 2.45) is 0 Å². The summed E-state index contributed by atoms with van der Waals surface area (Å²) in [6.45, 7) is 0. The van der Waals surface area contributed by atoms with Crippen molar-refractivity contribution in [2.45, 2.75) is 18.9 Å². The first-order chi connectivity index (χ1) is 9.52. The smallest absolute Gasteiger partial charge is 0.229 e. The van der Waals surface area contributed by atoms with Gasteiger partial charge in [-0.05, 0) is 28.1 Å². The topological polar surface area (TPSA) is 82.9 Å². The van der Waals surface area contributed by atoms with Gasteiger partial charge < -0.3 is 9.63 Å². The zero-order valence-electron chi connectivity index (χ0n) is 9.98. The maximum atomic E-state index is 13.4. The van der Waals surface area contributed by atoms with Gasteiger partial charge in [0, 0.05) is 5.56 Å². The van der Waals surface area contributed by atoms with E-state index in [4.69, 9.17) is 9.78 Å². The third kappa shape index (κ3) is 3.00. The molecule has 0 aliphatic rings. The summed E-state index contributed by atoms with van der Waals surface area (Å²) in [6.07, 6.45) is -0.962. The predicted molar refractivity (Wildman–Crippen MR) is 67.3 cm³/mol. The first kappa shape index (κ1) is 14.6. The van der Waals surface area contributed by atoms with Gasteiger partial charge in [0.1, 0.15) is 0 Å². The number of aromatic nitrogens is 2. The number of aliphatic hydroxyl groups excluding tert-OH is 1. The molecule has 0 aliphatic carbocycles. The molecule has 0 fully saturated rings. The molecule has 1 atom stereocenters. The summed E-state index contributed by atoms with van der Waals surface area (Å²) in [5.41, 5.74) is 0.230. The zero-order chi connectivity index (χ0) is 14.7. The van der Waals surface area contributed by atoms with Gasteiger partial charge in [-0.3, -0.25) is 0 Å². The Morgan fingerprint density at radius 2 is 2.20 bits per heavy atom. The van der Waals surface area contributed by atoms with Gasteiger partial charge in [-0.1, -0.05) is 5.16 Å². The molecule has 1 heterocycles. The third-order valence-corrected chi connectivity index (χ3v) is 3.26. The number of hydrogen-bond donors (Lipinski definition) is 1. The van der Waals surface area contributed by atoms with Crippen LogP contribution in [0.3, 0.4) is 0 Å². The van der Waals surface area contributed by atoms with Crippen LogP contribution in [0.1, 0.15) is 12.3 Å². The summed E-state index contributed by atoms with van der Waals surface area (Å²) in [4.78, 5) is 3.97. The Hall–Kier alpha value is -1.85. The highest BCUT2D eigenvalue weighted by atomic mass is 79.9. The van der Waals surface area contributed by atoms with Gasteiger partial charge in [0.05, 0.1) is 29.5 Å². The van der Waals surface area contributed by atoms with Crippen LogP contribution < -0.4 is 0 Å². The zero-order valence-corrected chi connectivity index (χ0v) is 11.6. The minimum absolute atomic E-state index is 0.0157. The summed E-state index contributed by atoms with van der Waals surface area (Å²) in [5.74, 6) is -1.86. The first-order valence-electron chi connectivity index (χ1n) is 5.54. The van der Waals surface area contributed by atoms with Crippen molar-refractivity contribution < 1.29 is 18.4 Å². The molecule has 0 bridgehead atoms. The normalized spacial score (nSPS) is 12.2. The number of benzene rings is 1. The summed E-state index contributed by atoms with van der Waals surface area (Å²) in [7, 11) is 0. The van der Waals surface area contributed by atoms with Crippen LogP contribution in [-0.4, -0.2) is 21.4 Å². The Kier molecular flexibility index (Phi) is 4.42. The lowest BCUT2D eigenvalue weighted by molar-refractivity contribution is 0.167. The second-order valence-electron chi connectivity index (χ2n) is 3.95. The molecule has 1 aromatic carbocycles. The molecule has 20 heavy (non-hydrogen) atoms. The number of rotatable bonds is 4. The van der Waals surface area contributed by atoms with E-state index in [9.17, 15) is 13.9 Å². The summed E-state index contributed by atoms with van der Waals surface area (Å²) < 4.78 is 31.2. The van der Waals surface area contributed by atoms with Gasteiger partial charge >= 0.3 is 0 Å². The molecule has 0 radical (unpaired) electrons. The van der Waals surface area contributed by atoms with Crippen molar-refractivity contribution in [2.75, 3.05) is 0 Å². The van der Waals surface area contributed by atoms with Crippen LogP contribution in [0.4, 0.5) is 8.78 Å². The van der Waals surface area contributed by atoms with Gasteiger partial charge in [0.2, 0.25) is 11.7 Å². The molecule has 1 unspecified atom stereocenters. The molecule has 0 spiro atoms. The number of halogens is 3. The monoisotopic (exact) mass is 343 g/mol. The highest BCUT2D eigenvalue weighted by Gasteiger charge is 2.18. The molecule has 2 rings (SSSR count). The highest BCUT2D eigenvalue weighted by Crippen LogP contribution is 2.30. The van der Waals surface area contributed by atoms with Gasteiger partial charge in [0.25, 0.3) is 0 Å². The number of nitriles is 1. The van der Waals surface area contributed by atoms with Gasteiger partial charge in [-0.15, -0.1) is 0 Å². The van der Waals surface area contributed by atoms with E-state index in [-0.39, 0.29) is 34.6 Å². The van der Waals surface area contributed by atoms with Gasteiger partial charge in [0.15, 0.2) is 11.6 Å². The molecule has 5 nitrogen and oxygen atoms in total. The van der Waals surface area contributed by atoms with Crippen molar-refractivity contribution in [1.29, 1.82) is 5.26 Å². The van der Waals surface area contributed by atoms with Crippen LogP contribution in [0.5, 0.6) is 0 Å². The summed E-state index contributed by atoms with van der Waals surface area (Å²) in [6, 6.07) is 4.07. The van der Waals surface area contributed by atoms with E-state index in [2.05, 4.69) is 26.1 Å². The molecule has 0 saturated heterocycles. The molecule has 2 aromatic rings. The van der Waals surface area contributed by atoms with Gasteiger partial charge in [-0.25, -0.2) is 8.78 Å². The van der Waals surface area contributed by atoms with Crippen LogP contribution in [0.2, 0.25) is 0 Å². The third-order valence-electron chi connectivity index (χ3n) is 2.48. The fourth-order valence-corrected chi connectivity index (χ4v) is 2.02. The quantitative estimate of drug-likeness (QED) is 0.862. The van der Waals surface area contributed by atoms with Crippen LogP contribution in [0, 0.1) is 23.0 Å². The highest BCUT2D eigenvalue weighted by molar-refractivity contribution is 9.10. The summed E-state index contributed by atoms with van der Waals surface area (Å²) >= 11 is 2.92. The molecule has 0 aliphatic heterocycles. The molecule has 104 valence electrons. The SMILES string of the molecule is N#CCC(O)Cc1nc(-c2ccc(F)c(F)c2Br)no1. The number of aliphatic hydroxyl groups is 1. The lowest BCUT2D eigenvalue weighted by Crippen LogP contribution is -2.09. The molecule has 1 aromatic heterocycles. The molecule has 8 heteroatoms. The molecular weight excluding hydrogens is 336 g/mol. The van der Waals surface area contributed by atoms with Crippen molar-refractivity contribution in [3.63, 3.8) is 0 Å². The van der Waals surface area contributed by atoms with E-state index in [1.807, 2.05) is 6.07 Å². The van der Waals surface area contributed by atoms with E-state index in [1.54, 1.807) is 0 Å². The Morgan fingerprint density at radius 3 is 2.90 bits per heavy atom. The van der Waals surface area contributed by atoms with E-state index < -0.39 is 17.7 Å². The molecule has 0 saturated carbocycles. The second kappa shape index (κ2) is 6.07. The second-order valence-corrected chi connectivity index (χ2v) is 4.75.